The minimum atomic E-state index is -4.90. The van der Waals surface area contributed by atoms with Gasteiger partial charge in [0.2, 0.25) is 11.8 Å². The Hall–Kier alpha value is -5.76. The Morgan fingerprint density at radius 3 is 1.71 bits per heavy atom. The Bertz CT molecular complexity index is 2530. The van der Waals surface area contributed by atoms with Gasteiger partial charge in [0.25, 0.3) is 0 Å². The molecule has 0 aromatic heterocycles. The molecular formula is C52H49F3N2O9. The first-order valence-electron chi connectivity index (χ1n) is 21.9. The summed E-state index contributed by atoms with van der Waals surface area (Å²) in [6.07, 6.45) is -10.1. The van der Waals surface area contributed by atoms with E-state index in [-0.39, 0.29) is 45.1 Å². The molecule has 4 fully saturated rings. The molecule has 2 amide bonds. The van der Waals surface area contributed by atoms with Crippen LogP contribution in [-0.2, 0) is 75.4 Å². The highest BCUT2D eigenvalue weighted by molar-refractivity contribution is 6.23. The van der Waals surface area contributed by atoms with Gasteiger partial charge in [0.1, 0.15) is 30.0 Å². The maximum absolute atomic E-state index is 14.5. The van der Waals surface area contributed by atoms with Gasteiger partial charge in [-0.3, -0.25) is 9.59 Å². The lowest BCUT2D eigenvalue weighted by Crippen LogP contribution is -2.63. The van der Waals surface area contributed by atoms with Gasteiger partial charge < -0.3 is 33.2 Å². The fourth-order valence-corrected chi connectivity index (χ4v) is 9.96. The standard InChI is InChI=1S/C52H49F3N2O9/c1-50-26-41(51(2,66-50)43-42(50)47(58)57(48(43)59)38-24-23-37(27-56)39(25-38)52(53,54)55)65-49-46(63-31-36-21-13-6-14-22-36)45(62-30-35-19-11-5-12-20-35)44(61-29-34-17-9-4-10-18-34)40(64-49)32-60-28-33-15-7-3-8-16-33/h3-25,40-46,49H,26,28-32H2,1-2H3/t40-,41-,42+,43-,44-,45+,46-,49-,50?,51?/m1/s1. The van der Waals surface area contributed by atoms with Crippen LogP contribution in [0.1, 0.15) is 53.6 Å². The van der Waals surface area contributed by atoms with E-state index in [0.717, 1.165) is 33.2 Å². The molecule has 342 valence electrons. The number of hydrogen-bond donors (Lipinski definition) is 0. The van der Waals surface area contributed by atoms with E-state index < -0.39 is 89.0 Å². The van der Waals surface area contributed by atoms with Crippen molar-refractivity contribution < 1.29 is 55.9 Å². The minimum Gasteiger partial charge on any atom is -0.374 e. The summed E-state index contributed by atoms with van der Waals surface area (Å²) in [7, 11) is 0. The molecule has 0 spiro atoms. The Balaban J connectivity index is 1.06. The molecule has 9 rings (SSSR count). The molecule has 5 aromatic rings. The monoisotopic (exact) mass is 902 g/mol. The highest BCUT2D eigenvalue weighted by atomic mass is 19.4. The van der Waals surface area contributed by atoms with E-state index in [1.807, 2.05) is 121 Å². The molecule has 4 heterocycles. The van der Waals surface area contributed by atoms with Gasteiger partial charge in [-0.1, -0.05) is 121 Å². The summed E-state index contributed by atoms with van der Waals surface area (Å²) in [6.45, 7) is 4.33. The van der Waals surface area contributed by atoms with E-state index in [1.54, 1.807) is 19.9 Å². The number of alkyl halides is 3. The molecule has 5 aromatic carbocycles. The molecule has 2 unspecified atom stereocenters. The number of benzene rings is 5. The second kappa shape index (κ2) is 18.9. The van der Waals surface area contributed by atoms with Crippen molar-refractivity contribution in [2.75, 3.05) is 11.5 Å². The van der Waals surface area contributed by atoms with E-state index in [1.165, 1.54) is 6.07 Å². The normalized spacial score (nSPS) is 29.2. The zero-order valence-corrected chi connectivity index (χ0v) is 36.3. The number of nitriles is 1. The van der Waals surface area contributed by atoms with Gasteiger partial charge >= 0.3 is 6.18 Å². The zero-order valence-electron chi connectivity index (χ0n) is 36.3. The lowest BCUT2D eigenvalue weighted by Gasteiger charge is -2.47. The molecule has 0 saturated carbocycles. The third kappa shape index (κ3) is 9.05. The Labute approximate surface area is 380 Å². The smallest absolute Gasteiger partial charge is 0.374 e. The van der Waals surface area contributed by atoms with E-state index in [2.05, 4.69) is 0 Å². The summed E-state index contributed by atoms with van der Waals surface area (Å²) in [5.74, 6) is -3.56. The van der Waals surface area contributed by atoms with Gasteiger partial charge in [-0.25, -0.2) is 4.90 Å². The highest BCUT2D eigenvalue weighted by Crippen LogP contribution is 2.62. The SMILES string of the molecule is CC12C[C@@H](O[C@H]3O[C@H](COCc4ccccc4)[C@@H](OCc4ccccc4)[C@H](OCc4ccccc4)[C@H]3OCc3ccccc3)C(C)(O1)[C@H]1C(=O)N(c3ccc(C#N)c(C(F)(F)F)c3)C(=O)[C@H]12. The fraction of sp³-hybridized carbons (Fsp3) is 0.365. The van der Waals surface area contributed by atoms with Crippen molar-refractivity contribution in [2.45, 2.75) is 101 Å². The van der Waals surface area contributed by atoms with Crippen molar-refractivity contribution in [3.8, 4) is 6.07 Å². The van der Waals surface area contributed by atoms with Crippen LogP contribution >= 0.6 is 0 Å². The Morgan fingerprint density at radius 2 is 1.18 bits per heavy atom. The molecule has 2 bridgehead atoms. The number of carbonyl (C=O) groups is 2. The summed E-state index contributed by atoms with van der Waals surface area (Å²) >= 11 is 0. The number of imide groups is 1. The van der Waals surface area contributed by atoms with Crippen LogP contribution < -0.4 is 4.90 Å². The van der Waals surface area contributed by atoms with Crippen molar-refractivity contribution in [1.29, 1.82) is 5.26 Å². The molecule has 4 aliphatic heterocycles. The molecular weight excluding hydrogens is 854 g/mol. The number of ether oxygens (including phenoxy) is 7. The van der Waals surface area contributed by atoms with E-state index in [9.17, 15) is 28.0 Å². The molecule has 4 saturated heterocycles. The third-order valence-electron chi connectivity index (χ3n) is 13.1. The maximum atomic E-state index is 14.5. The van der Waals surface area contributed by atoms with Crippen LogP contribution in [0.15, 0.2) is 140 Å². The number of amides is 2. The van der Waals surface area contributed by atoms with Crippen LogP contribution in [0.4, 0.5) is 18.9 Å². The van der Waals surface area contributed by atoms with Gasteiger partial charge in [-0.2, -0.15) is 18.4 Å². The summed E-state index contributed by atoms with van der Waals surface area (Å²) in [5, 5.41) is 9.42. The first-order valence-corrected chi connectivity index (χ1v) is 21.9. The van der Waals surface area contributed by atoms with Crippen LogP contribution in [0.5, 0.6) is 0 Å². The summed E-state index contributed by atoms with van der Waals surface area (Å²) in [4.78, 5) is 29.6. The van der Waals surface area contributed by atoms with Crippen molar-refractivity contribution in [1.82, 2.24) is 0 Å². The molecule has 4 aliphatic rings. The molecule has 11 nitrogen and oxygen atoms in total. The molecule has 66 heavy (non-hydrogen) atoms. The van der Waals surface area contributed by atoms with Crippen LogP contribution in [0, 0.1) is 23.2 Å². The highest BCUT2D eigenvalue weighted by Gasteiger charge is 2.76. The largest absolute Gasteiger partial charge is 0.417 e. The van der Waals surface area contributed by atoms with Crippen molar-refractivity contribution >= 4 is 17.5 Å². The lowest BCUT2D eigenvalue weighted by atomic mass is 9.67. The quantitative estimate of drug-likeness (QED) is 0.0889. The van der Waals surface area contributed by atoms with Crippen LogP contribution in [0.3, 0.4) is 0 Å². The topological polar surface area (TPSA) is 126 Å². The van der Waals surface area contributed by atoms with Gasteiger partial charge in [0, 0.05) is 6.42 Å². The summed E-state index contributed by atoms with van der Waals surface area (Å²) in [5.41, 5.74) is -1.15. The first-order chi connectivity index (χ1) is 31.9. The molecule has 0 N–H and O–H groups in total. The summed E-state index contributed by atoms with van der Waals surface area (Å²) in [6, 6.07) is 43.2. The van der Waals surface area contributed by atoms with E-state index >= 15 is 0 Å². The Morgan fingerprint density at radius 1 is 0.682 bits per heavy atom. The third-order valence-corrected chi connectivity index (χ3v) is 13.1. The summed E-state index contributed by atoms with van der Waals surface area (Å²) < 4.78 is 89.8. The predicted octanol–water partition coefficient (Wildman–Crippen LogP) is 8.72. The minimum absolute atomic E-state index is 0.0676. The van der Waals surface area contributed by atoms with E-state index in [4.69, 9.17) is 33.2 Å². The van der Waals surface area contributed by atoms with Gasteiger partial charge in [-0.05, 0) is 54.3 Å². The van der Waals surface area contributed by atoms with Gasteiger partial charge in [0.15, 0.2) is 6.29 Å². The van der Waals surface area contributed by atoms with Crippen LogP contribution in [0.25, 0.3) is 0 Å². The number of hydrogen-bond acceptors (Lipinski definition) is 10. The first kappa shape index (κ1) is 45.4. The van der Waals surface area contributed by atoms with Crippen molar-refractivity contribution in [3.63, 3.8) is 0 Å². The Kier molecular flexibility index (Phi) is 13.0. The fourth-order valence-electron chi connectivity index (χ4n) is 9.96. The second-order valence-corrected chi connectivity index (χ2v) is 17.6. The number of anilines is 1. The predicted molar refractivity (Wildman–Crippen MR) is 233 cm³/mol. The number of fused-ring (bicyclic) bond motifs is 5. The number of halogens is 3. The number of carbonyl (C=O) groups excluding carboxylic acids is 2. The van der Waals surface area contributed by atoms with Crippen LogP contribution in [0.2, 0.25) is 0 Å². The van der Waals surface area contributed by atoms with Crippen molar-refractivity contribution in [2.24, 2.45) is 11.8 Å². The molecule has 0 radical (unpaired) electrons. The molecule has 14 heteroatoms. The molecule has 0 aliphatic carbocycles. The lowest BCUT2D eigenvalue weighted by molar-refractivity contribution is -0.342. The van der Waals surface area contributed by atoms with Crippen molar-refractivity contribution in [3.05, 3.63) is 173 Å². The number of rotatable bonds is 16. The average molecular weight is 903 g/mol. The number of nitrogens with zero attached hydrogens (tertiary/aromatic N) is 2. The zero-order chi connectivity index (χ0) is 46.1. The van der Waals surface area contributed by atoms with Crippen LogP contribution in [-0.4, -0.2) is 66.4 Å². The average Bonchev–Trinajstić information content (AvgIpc) is 3.86. The van der Waals surface area contributed by atoms with Gasteiger partial charge in [0.05, 0.1) is 79.5 Å². The van der Waals surface area contributed by atoms with Gasteiger partial charge in [-0.15, -0.1) is 0 Å². The second-order valence-electron chi connectivity index (χ2n) is 17.6. The maximum Gasteiger partial charge on any atom is 0.417 e. The van der Waals surface area contributed by atoms with E-state index in [0.29, 0.717) is 6.07 Å². The molecule has 10 atom stereocenters.